The number of aromatic nitrogens is 2. The molecule has 0 fully saturated rings. The zero-order valence-electron chi connectivity index (χ0n) is 17.0. The largest absolute Gasteiger partial charge is 0.494 e. The molecule has 1 aliphatic heterocycles. The van der Waals surface area contributed by atoms with E-state index >= 15 is 0 Å². The summed E-state index contributed by atoms with van der Waals surface area (Å²) in [4.78, 5) is 9.62. The number of benzene rings is 2. The molecule has 0 amide bonds. The van der Waals surface area contributed by atoms with Crippen molar-refractivity contribution in [2.45, 2.75) is 23.4 Å². The molecule has 1 aromatic heterocycles. The first-order valence-electron chi connectivity index (χ1n) is 9.67. The number of H-pyrrole nitrogens is 1. The van der Waals surface area contributed by atoms with Gasteiger partial charge in [0, 0.05) is 43.6 Å². The normalized spacial score (nSPS) is 17.0. The van der Waals surface area contributed by atoms with Crippen molar-refractivity contribution in [2.75, 3.05) is 32.2 Å². The molecule has 8 heteroatoms. The summed E-state index contributed by atoms with van der Waals surface area (Å²) in [6.07, 6.45) is 2.77. The van der Waals surface area contributed by atoms with Crippen LogP contribution in [-0.2, 0) is 21.3 Å². The Balaban J connectivity index is 1.68. The number of rotatable bonds is 7. The molecular formula is C22H24FN3O3S. The molecule has 1 N–H and O–H groups in total. The third kappa shape index (κ3) is 3.73. The number of ether oxygens (including phenoxy) is 2. The molecule has 2 unspecified atom stereocenters. The van der Waals surface area contributed by atoms with E-state index in [0.29, 0.717) is 22.7 Å². The van der Waals surface area contributed by atoms with Crippen LogP contribution in [0.25, 0.3) is 11.0 Å². The van der Waals surface area contributed by atoms with Gasteiger partial charge in [0.2, 0.25) is 0 Å². The number of fused-ring (bicyclic) bond motifs is 2. The molecule has 0 saturated heterocycles. The summed E-state index contributed by atoms with van der Waals surface area (Å²) < 4.78 is 37.8. The van der Waals surface area contributed by atoms with E-state index in [-0.39, 0.29) is 17.6 Å². The highest BCUT2D eigenvalue weighted by molar-refractivity contribution is 7.84. The van der Waals surface area contributed by atoms with Gasteiger partial charge in [-0.05, 0) is 12.0 Å². The van der Waals surface area contributed by atoms with Crippen molar-refractivity contribution in [3.8, 4) is 5.75 Å². The summed E-state index contributed by atoms with van der Waals surface area (Å²) in [5.41, 5.74) is 4.10. The predicted molar refractivity (Wildman–Crippen MR) is 116 cm³/mol. The summed E-state index contributed by atoms with van der Waals surface area (Å²) in [5, 5.41) is 0.310. The van der Waals surface area contributed by atoms with Crippen LogP contribution >= 0.6 is 0 Å². The number of aromatic amines is 1. The van der Waals surface area contributed by atoms with E-state index in [0.717, 1.165) is 29.8 Å². The van der Waals surface area contributed by atoms with Crippen molar-refractivity contribution in [3.05, 3.63) is 59.9 Å². The lowest BCUT2D eigenvalue weighted by atomic mass is 9.95. The van der Waals surface area contributed by atoms with Crippen LogP contribution in [0.2, 0.25) is 0 Å². The number of anilines is 1. The van der Waals surface area contributed by atoms with Gasteiger partial charge in [0.1, 0.15) is 0 Å². The van der Waals surface area contributed by atoms with Gasteiger partial charge in [0.25, 0.3) is 0 Å². The highest BCUT2D eigenvalue weighted by atomic mass is 32.2. The Morgan fingerprint density at radius 2 is 2.23 bits per heavy atom. The summed E-state index contributed by atoms with van der Waals surface area (Å²) in [6.45, 7) is 5.41. The summed E-state index contributed by atoms with van der Waals surface area (Å²) >= 11 is 0. The number of nitrogens with zero attached hydrogens (tertiary/aromatic N) is 2. The monoisotopic (exact) mass is 429 g/mol. The fourth-order valence-corrected chi connectivity index (χ4v) is 5.03. The molecule has 0 spiro atoms. The maximum Gasteiger partial charge on any atom is 0.197 e. The van der Waals surface area contributed by atoms with Gasteiger partial charge in [0.15, 0.2) is 16.7 Å². The van der Waals surface area contributed by atoms with Gasteiger partial charge in [0.05, 0.1) is 40.8 Å². The Labute approximate surface area is 177 Å². The van der Waals surface area contributed by atoms with Crippen LogP contribution in [-0.4, -0.2) is 41.5 Å². The molecule has 4 rings (SSSR count). The van der Waals surface area contributed by atoms with Crippen molar-refractivity contribution < 1.29 is 18.1 Å². The van der Waals surface area contributed by atoms with Crippen molar-refractivity contribution >= 4 is 27.5 Å². The number of imidazole rings is 1. The number of halogens is 1. The van der Waals surface area contributed by atoms with Gasteiger partial charge < -0.3 is 19.4 Å². The standard InChI is InChI=1S/C22H24FN3O3S/c1-4-9-26-10-8-19(28-2)15-7-5-6-14(21(15)26)13-30(27)22-24-17-11-16(23)20(29-3)12-18(17)25-22/h4-7,11-12,19H,1,8-10,13H2,2-3H3,(H,24,25). The zero-order chi connectivity index (χ0) is 21.3. The lowest BCUT2D eigenvalue weighted by Gasteiger charge is -2.36. The first-order valence-corrected chi connectivity index (χ1v) is 11.0. The molecule has 158 valence electrons. The fourth-order valence-electron chi connectivity index (χ4n) is 3.96. The average Bonchev–Trinajstić information content (AvgIpc) is 3.16. The van der Waals surface area contributed by atoms with Gasteiger partial charge in [-0.15, -0.1) is 6.58 Å². The van der Waals surface area contributed by atoms with Gasteiger partial charge in [-0.1, -0.05) is 24.3 Å². The molecule has 1 aliphatic rings. The fraction of sp³-hybridized carbons (Fsp3) is 0.318. The third-order valence-electron chi connectivity index (χ3n) is 5.35. The van der Waals surface area contributed by atoms with E-state index in [1.807, 2.05) is 18.2 Å². The lowest BCUT2D eigenvalue weighted by molar-refractivity contribution is 0.0938. The Bertz CT molecular complexity index is 1110. The topological polar surface area (TPSA) is 67.4 Å². The quantitative estimate of drug-likeness (QED) is 0.573. The zero-order valence-corrected chi connectivity index (χ0v) is 17.8. The van der Waals surface area contributed by atoms with Crippen LogP contribution in [0, 0.1) is 5.82 Å². The van der Waals surface area contributed by atoms with Crippen LogP contribution in [0.3, 0.4) is 0 Å². The maximum absolute atomic E-state index is 14.0. The number of nitrogens with one attached hydrogen (secondary N) is 1. The molecule has 0 saturated carbocycles. The lowest BCUT2D eigenvalue weighted by Crippen LogP contribution is -2.33. The number of methoxy groups -OCH3 is 2. The minimum absolute atomic E-state index is 0.0103. The highest BCUT2D eigenvalue weighted by Gasteiger charge is 2.27. The molecule has 0 aliphatic carbocycles. The molecule has 30 heavy (non-hydrogen) atoms. The second-order valence-electron chi connectivity index (χ2n) is 7.14. The number of para-hydroxylation sites is 1. The van der Waals surface area contributed by atoms with Crippen LogP contribution in [0.4, 0.5) is 10.1 Å². The molecular weight excluding hydrogens is 405 g/mol. The Morgan fingerprint density at radius 1 is 1.40 bits per heavy atom. The van der Waals surface area contributed by atoms with Crippen LogP contribution in [0.1, 0.15) is 23.7 Å². The van der Waals surface area contributed by atoms with E-state index in [2.05, 4.69) is 27.5 Å². The first-order chi connectivity index (χ1) is 14.5. The summed E-state index contributed by atoms with van der Waals surface area (Å²) in [6, 6.07) is 8.81. The van der Waals surface area contributed by atoms with Gasteiger partial charge in [-0.25, -0.2) is 9.37 Å². The SMILES string of the molecule is C=CCN1CCC(OC)c2cccc(CS(=O)c3nc4cc(OC)c(F)cc4[nH]3)c21. The van der Waals surface area contributed by atoms with E-state index in [1.54, 1.807) is 7.11 Å². The molecule has 2 atom stereocenters. The number of hydrogen-bond acceptors (Lipinski definition) is 5. The third-order valence-corrected chi connectivity index (χ3v) is 6.54. The van der Waals surface area contributed by atoms with Crippen molar-refractivity contribution in [3.63, 3.8) is 0 Å². The van der Waals surface area contributed by atoms with Crippen LogP contribution < -0.4 is 9.64 Å². The average molecular weight is 430 g/mol. The summed E-state index contributed by atoms with van der Waals surface area (Å²) in [7, 11) is 1.68. The second kappa shape index (κ2) is 8.57. The minimum atomic E-state index is -1.44. The highest BCUT2D eigenvalue weighted by Crippen LogP contribution is 2.39. The molecule has 2 aromatic carbocycles. The van der Waals surface area contributed by atoms with E-state index < -0.39 is 16.6 Å². The first kappa shape index (κ1) is 20.6. The minimum Gasteiger partial charge on any atom is -0.494 e. The van der Waals surface area contributed by atoms with E-state index in [4.69, 9.17) is 9.47 Å². The van der Waals surface area contributed by atoms with E-state index in [9.17, 15) is 8.60 Å². The second-order valence-corrected chi connectivity index (χ2v) is 8.50. The molecule has 2 heterocycles. The molecule has 6 nitrogen and oxygen atoms in total. The van der Waals surface area contributed by atoms with Crippen LogP contribution in [0.5, 0.6) is 5.75 Å². The van der Waals surface area contributed by atoms with Gasteiger partial charge in [-0.3, -0.25) is 4.21 Å². The van der Waals surface area contributed by atoms with Crippen molar-refractivity contribution in [1.82, 2.24) is 9.97 Å². The Hall–Kier alpha value is -2.71. The maximum atomic E-state index is 14.0. The predicted octanol–water partition coefficient (Wildman–Crippen LogP) is 4.10. The molecule has 0 radical (unpaired) electrons. The van der Waals surface area contributed by atoms with Crippen LogP contribution in [0.15, 0.2) is 48.1 Å². The Kier molecular flexibility index (Phi) is 5.87. The number of hydrogen-bond donors (Lipinski definition) is 1. The van der Waals surface area contributed by atoms with Crippen molar-refractivity contribution in [1.29, 1.82) is 0 Å². The van der Waals surface area contributed by atoms with Crippen molar-refractivity contribution in [2.24, 2.45) is 0 Å². The molecule has 3 aromatic rings. The molecule has 0 bridgehead atoms. The van der Waals surface area contributed by atoms with Gasteiger partial charge >= 0.3 is 0 Å². The smallest absolute Gasteiger partial charge is 0.197 e. The van der Waals surface area contributed by atoms with Gasteiger partial charge in [-0.2, -0.15) is 0 Å². The Morgan fingerprint density at radius 3 is 2.97 bits per heavy atom. The van der Waals surface area contributed by atoms with E-state index in [1.165, 1.54) is 19.2 Å². The summed E-state index contributed by atoms with van der Waals surface area (Å²) in [5.74, 6) is -0.102.